The first-order valence-electron chi connectivity index (χ1n) is 22.8. The Morgan fingerprint density at radius 1 is 0.533 bits per heavy atom. The molecule has 316 valence electrons. The van der Waals surface area contributed by atoms with Crippen LogP contribution in [0, 0.1) is 16.2 Å². The number of ether oxygens (including phenoxy) is 1. The highest BCUT2D eigenvalue weighted by Crippen LogP contribution is 2.54. The van der Waals surface area contributed by atoms with Crippen molar-refractivity contribution in [2.75, 3.05) is 6.61 Å². The van der Waals surface area contributed by atoms with Gasteiger partial charge in [0, 0.05) is 18.4 Å². The molecule has 1 aliphatic carbocycles. The molecule has 1 nitrogen and oxygen atoms in total. The lowest BCUT2D eigenvalue weighted by Gasteiger charge is -2.34. The van der Waals surface area contributed by atoms with Gasteiger partial charge in [0.05, 0.1) is 5.60 Å². The zero-order valence-corrected chi connectivity index (χ0v) is 38.7. The molecule has 0 saturated carbocycles. The van der Waals surface area contributed by atoms with Gasteiger partial charge >= 0.3 is 0 Å². The summed E-state index contributed by atoms with van der Waals surface area (Å²) in [6.07, 6.45) is 13.7. The molecule has 5 aromatic rings. The van der Waals surface area contributed by atoms with E-state index in [2.05, 4.69) is 197 Å². The predicted octanol–water partition coefficient (Wildman–Crippen LogP) is 15.8. The number of benzene rings is 5. The van der Waals surface area contributed by atoms with E-state index in [-0.39, 0.29) is 27.3 Å². The third kappa shape index (κ3) is 11.5. The lowest BCUT2D eigenvalue weighted by Crippen LogP contribution is -2.30. The predicted molar refractivity (Wildman–Crippen MR) is 260 cm³/mol. The van der Waals surface area contributed by atoms with Crippen molar-refractivity contribution in [3.63, 3.8) is 0 Å². The second-order valence-corrected chi connectivity index (χ2v) is 21.3. The van der Waals surface area contributed by atoms with Crippen LogP contribution in [0.15, 0.2) is 134 Å². The van der Waals surface area contributed by atoms with E-state index in [1.54, 1.807) is 0 Å². The third-order valence-corrected chi connectivity index (χ3v) is 13.5. The van der Waals surface area contributed by atoms with Crippen LogP contribution < -0.4 is 0 Å². The largest absolute Gasteiger partial charge is 0.375 e. The van der Waals surface area contributed by atoms with Gasteiger partial charge in [0.25, 0.3) is 0 Å². The van der Waals surface area contributed by atoms with Crippen LogP contribution in [0.3, 0.4) is 0 Å². The summed E-state index contributed by atoms with van der Waals surface area (Å²) in [7, 11) is 0. The Bertz CT molecular complexity index is 2030. The van der Waals surface area contributed by atoms with Gasteiger partial charge in [-0.3, -0.25) is 0 Å². The van der Waals surface area contributed by atoms with Gasteiger partial charge in [0.2, 0.25) is 0 Å². The molecule has 0 heterocycles. The molecule has 0 aliphatic heterocycles. The van der Waals surface area contributed by atoms with E-state index in [0.717, 1.165) is 50.7 Å². The van der Waals surface area contributed by atoms with Crippen molar-refractivity contribution in [1.29, 1.82) is 0 Å². The van der Waals surface area contributed by atoms with Crippen LogP contribution in [-0.2, 0) is 35.8 Å². The van der Waals surface area contributed by atoms with Crippen LogP contribution in [0.1, 0.15) is 156 Å². The van der Waals surface area contributed by atoms with Crippen LogP contribution in [0.2, 0.25) is 0 Å². The molecule has 0 spiro atoms. The summed E-state index contributed by atoms with van der Waals surface area (Å²) in [5.74, 6) is 0.491. The number of rotatable bonds is 20. The van der Waals surface area contributed by atoms with Crippen LogP contribution in [-0.4, -0.2) is 12.2 Å². The molecule has 5 aromatic carbocycles. The summed E-state index contributed by atoms with van der Waals surface area (Å²) in [6, 6.07) is 46.2. The third-order valence-electron chi connectivity index (χ3n) is 13.5. The van der Waals surface area contributed by atoms with E-state index in [4.69, 9.17) is 4.74 Å². The lowest BCUT2D eigenvalue weighted by atomic mass is 9.69. The lowest BCUT2D eigenvalue weighted by molar-refractivity contribution is -0.0283. The Hall–Kier alpha value is -4.46. The Morgan fingerprint density at radius 2 is 0.933 bits per heavy atom. The normalized spacial score (nSPS) is 17.1. The molecule has 1 heteroatoms. The maximum atomic E-state index is 6.52. The minimum absolute atomic E-state index is 0.119. The minimum Gasteiger partial charge on any atom is -0.375 e. The molecule has 0 bridgehead atoms. The van der Waals surface area contributed by atoms with E-state index in [1.807, 2.05) is 12.2 Å². The van der Waals surface area contributed by atoms with Gasteiger partial charge in [-0.1, -0.05) is 202 Å². The number of hydrogen-bond acceptors (Lipinski definition) is 1. The molecule has 0 fully saturated rings. The smallest absolute Gasteiger partial charge is 0.0666 e. The first-order chi connectivity index (χ1) is 28.4. The van der Waals surface area contributed by atoms with E-state index in [0.29, 0.717) is 5.92 Å². The summed E-state index contributed by atoms with van der Waals surface area (Å²) in [5.41, 5.74) is 13.9. The van der Waals surface area contributed by atoms with Gasteiger partial charge in [-0.15, -0.1) is 0 Å². The second kappa shape index (κ2) is 18.7. The van der Waals surface area contributed by atoms with Crippen molar-refractivity contribution in [2.45, 2.75) is 137 Å². The van der Waals surface area contributed by atoms with Gasteiger partial charge in [-0.25, -0.2) is 0 Å². The highest BCUT2D eigenvalue weighted by molar-refractivity contribution is 5.58. The maximum Gasteiger partial charge on any atom is 0.0666 e. The van der Waals surface area contributed by atoms with Crippen molar-refractivity contribution >= 4 is 12.2 Å². The fourth-order valence-electron chi connectivity index (χ4n) is 10.2. The van der Waals surface area contributed by atoms with Crippen LogP contribution >= 0.6 is 0 Å². The van der Waals surface area contributed by atoms with Gasteiger partial charge in [0.15, 0.2) is 0 Å². The minimum atomic E-state index is -0.220. The summed E-state index contributed by atoms with van der Waals surface area (Å²) in [5, 5.41) is 0. The molecule has 0 N–H and O–H groups in total. The average Bonchev–Trinajstić information content (AvgIpc) is 3.50. The maximum absolute atomic E-state index is 6.52. The van der Waals surface area contributed by atoms with Gasteiger partial charge in [0.1, 0.15) is 0 Å². The van der Waals surface area contributed by atoms with Crippen molar-refractivity contribution in [2.24, 2.45) is 16.2 Å². The summed E-state index contributed by atoms with van der Waals surface area (Å²) < 4.78 is 6.52. The summed E-state index contributed by atoms with van der Waals surface area (Å²) in [4.78, 5) is 0. The molecule has 2 unspecified atom stereocenters. The van der Waals surface area contributed by atoms with Crippen LogP contribution in [0.5, 0.6) is 0 Å². The Kier molecular flexibility index (Phi) is 14.0. The van der Waals surface area contributed by atoms with Crippen molar-refractivity contribution in [3.05, 3.63) is 190 Å². The molecule has 0 aromatic heterocycles. The topological polar surface area (TPSA) is 9.23 Å². The fourth-order valence-corrected chi connectivity index (χ4v) is 10.2. The quantitative estimate of drug-likeness (QED) is 0.0762. The molecule has 0 saturated heterocycles. The van der Waals surface area contributed by atoms with Gasteiger partial charge in [-0.2, -0.15) is 0 Å². The molecular formula is C59H74O. The molecular weight excluding hydrogens is 725 g/mol. The second-order valence-electron chi connectivity index (χ2n) is 21.3. The molecule has 6 rings (SSSR count). The number of hydrogen-bond donors (Lipinski definition) is 0. The zero-order chi connectivity index (χ0) is 43.2. The van der Waals surface area contributed by atoms with E-state index < -0.39 is 0 Å². The Morgan fingerprint density at radius 3 is 1.38 bits per heavy atom. The first-order valence-corrected chi connectivity index (χ1v) is 22.8. The van der Waals surface area contributed by atoms with Gasteiger partial charge in [-0.05, 0) is 137 Å². The summed E-state index contributed by atoms with van der Waals surface area (Å²) in [6.45, 7) is 29.9. The first kappa shape index (κ1) is 45.1. The van der Waals surface area contributed by atoms with E-state index >= 15 is 0 Å². The standard InChI is InChI=1S/C59H74O/c1-12-45-19-23-47(24-20-45)40-55(4,5)35-16-36-56(6,7)41-48-27-31-51(32-28-48)59(39-44(3)53-17-14-15-18-54(53)59)52-33-29-49(30-34-52)42-57(8,9)37-38-60-58(10,11)43-50-25-21-46(13-2)22-26-50/h12-15,17-34,44H,1-2,16,35-43H2,3-11H3. The van der Waals surface area contributed by atoms with Crippen LogP contribution in [0.4, 0.5) is 0 Å². The molecule has 2 atom stereocenters. The fraction of sp³-hybridized carbons (Fsp3) is 0.424. The highest BCUT2D eigenvalue weighted by Gasteiger charge is 2.45. The van der Waals surface area contributed by atoms with E-state index in [9.17, 15) is 0 Å². The average molecular weight is 799 g/mol. The molecule has 0 radical (unpaired) electrons. The van der Waals surface area contributed by atoms with Crippen molar-refractivity contribution in [1.82, 2.24) is 0 Å². The Labute approximate surface area is 365 Å². The van der Waals surface area contributed by atoms with Crippen molar-refractivity contribution in [3.8, 4) is 0 Å². The SMILES string of the molecule is C=Cc1ccc(CC(C)(C)CCCC(C)(C)Cc2ccc(C3(c4ccc(CC(C)(C)CCOC(C)(C)Cc5ccc(C=C)cc5)cc4)CC(C)c4ccccc43)cc2)cc1. The summed E-state index contributed by atoms with van der Waals surface area (Å²) >= 11 is 0. The zero-order valence-electron chi connectivity index (χ0n) is 38.7. The number of fused-ring (bicyclic) bond motifs is 1. The molecule has 1 aliphatic rings. The van der Waals surface area contributed by atoms with Crippen LogP contribution in [0.25, 0.3) is 12.2 Å². The highest BCUT2D eigenvalue weighted by atomic mass is 16.5. The molecule has 0 amide bonds. The van der Waals surface area contributed by atoms with Gasteiger partial charge < -0.3 is 4.74 Å². The molecule has 60 heavy (non-hydrogen) atoms. The Balaban J connectivity index is 1.10. The monoisotopic (exact) mass is 799 g/mol. The van der Waals surface area contributed by atoms with Crippen molar-refractivity contribution < 1.29 is 4.74 Å². The van der Waals surface area contributed by atoms with E-state index in [1.165, 1.54) is 69.3 Å².